The minimum atomic E-state index is -0.0226. The number of rotatable bonds is 7. The van der Waals surface area contributed by atoms with Crippen LogP contribution in [0.15, 0.2) is 65.4 Å². The summed E-state index contributed by atoms with van der Waals surface area (Å²) in [4.78, 5) is 0. The minimum Gasteiger partial charge on any atom is -0.491 e. The maximum atomic E-state index is 6.20. The Bertz CT molecular complexity index is 1090. The largest absolute Gasteiger partial charge is 0.491 e. The Morgan fingerprint density at radius 3 is 2.72 bits per heavy atom. The van der Waals surface area contributed by atoms with E-state index in [2.05, 4.69) is 29.2 Å². The lowest BCUT2D eigenvalue weighted by Crippen LogP contribution is -2.29. The standard InChI is InChI=1S/C23H24N4O2/c1-15(2)11-17(24)14-28-22-8-7-16(12-19(22)23-9-10-26-29-23)20-13-25-27-21-6-4-3-5-18(20)21/h3-10,12-13,15,17H,11,14,24H2,1-2H3/t17-/m0/s1. The molecule has 0 aliphatic heterocycles. The molecule has 29 heavy (non-hydrogen) atoms. The Morgan fingerprint density at radius 1 is 1.07 bits per heavy atom. The molecule has 0 spiro atoms. The molecular formula is C23H24N4O2. The number of nitrogens with two attached hydrogens (primary N) is 1. The Balaban J connectivity index is 1.71. The van der Waals surface area contributed by atoms with E-state index in [0.717, 1.165) is 39.8 Å². The van der Waals surface area contributed by atoms with Gasteiger partial charge in [0.25, 0.3) is 0 Å². The lowest BCUT2D eigenvalue weighted by molar-refractivity contribution is 0.271. The fraction of sp³-hybridized carbons (Fsp3) is 0.261. The van der Waals surface area contributed by atoms with Gasteiger partial charge in [-0.25, -0.2) is 0 Å². The summed E-state index contributed by atoms with van der Waals surface area (Å²) in [5.74, 6) is 1.89. The smallest absolute Gasteiger partial charge is 0.170 e. The summed E-state index contributed by atoms with van der Waals surface area (Å²) in [5.41, 5.74) is 9.88. The molecule has 2 aromatic heterocycles. The Hall–Kier alpha value is -3.25. The lowest BCUT2D eigenvalue weighted by Gasteiger charge is -2.17. The highest BCUT2D eigenvalue weighted by Gasteiger charge is 2.15. The molecular weight excluding hydrogens is 364 g/mol. The van der Waals surface area contributed by atoms with Crippen LogP contribution in [0, 0.1) is 5.92 Å². The molecule has 2 heterocycles. The molecule has 0 aliphatic carbocycles. The van der Waals surface area contributed by atoms with E-state index in [-0.39, 0.29) is 6.04 Å². The predicted molar refractivity (Wildman–Crippen MR) is 113 cm³/mol. The molecule has 6 heteroatoms. The monoisotopic (exact) mass is 388 g/mol. The van der Waals surface area contributed by atoms with E-state index in [0.29, 0.717) is 18.3 Å². The van der Waals surface area contributed by atoms with Gasteiger partial charge in [-0.3, -0.25) is 0 Å². The highest BCUT2D eigenvalue weighted by atomic mass is 16.5. The zero-order valence-electron chi connectivity index (χ0n) is 16.6. The van der Waals surface area contributed by atoms with E-state index >= 15 is 0 Å². The van der Waals surface area contributed by atoms with Gasteiger partial charge in [-0.15, -0.1) is 0 Å². The SMILES string of the molecule is CC(C)C[C@H](N)COc1ccc(-c2cnnc3ccccc23)cc1-c1ccno1. The van der Waals surface area contributed by atoms with Crippen molar-refractivity contribution in [3.05, 3.63) is 60.9 Å². The number of hydrogen-bond acceptors (Lipinski definition) is 6. The van der Waals surface area contributed by atoms with Crippen molar-refractivity contribution < 1.29 is 9.26 Å². The summed E-state index contributed by atoms with van der Waals surface area (Å²) < 4.78 is 11.5. The quantitative estimate of drug-likeness (QED) is 0.494. The molecule has 6 nitrogen and oxygen atoms in total. The molecule has 0 saturated heterocycles. The second kappa shape index (κ2) is 8.41. The molecule has 0 amide bonds. The number of nitrogens with zero attached hydrogens (tertiary/aromatic N) is 3. The first kappa shape index (κ1) is 19.1. The van der Waals surface area contributed by atoms with Crippen molar-refractivity contribution in [2.75, 3.05) is 6.61 Å². The van der Waals surface area contributed by atoms with Gasteiger partial charge in [-0.05, 0) is 36.1 Å². The summed E-state index contributed by atoms with van der Waals surface area (Å²) in [5, 5.41) is 13.3. The van der Waals surface area contributed by atoms with Crippen LogP contribution < -0.4 is 10.5 Å². The molecule has 1 atom stereocenters. The number of ether oxygens (including phenoxy) is 1. The van der Waals surface area contributed by atoms with Crippen molar-refractivity contribution in [1.82, 2.24) is 15.4 Å². The van der Waals surface area contributed by atoms with E-state index in [4.69, 9.17) is 15.0 Å². The van der Waals surface area contributed by atoms with Crippen molar-refractivity contribution in [3.63, 3.8) is 0 Å². The fourth-order valence-corrected chi connectivity index (χ4v) is 3.48. The van der Waals surface area contributed by atoms with Gasteiger partial charge < -0.3 is 15.0 Å². The van der Waals surface area contributed by atoms with Crippen LogP contribution in [0.2, 0.25) is 0 Å². The third kappa shape index (κ3) is 4.27. The average Bonchev–Trinajstić information content (AvgIpc) is 3.26. The molecule has 4 rings (SSSR count). The van der Waals surface area contributed by atoms with E-state index in [1.54, 1.807) is 12.4 Å². The molecule has 148 valence electrons. The molecule has 0 bridgehead atoms. The summed E-state index contributed by atoms with van der Waals surface area (Å²) >= 11 is 0. The molecule has 0 fully saturated rings. The molecule has 0 saturated carbocycles. The highest BCUT2D eigenvalue weighted by molar-refractivity contribution is 5.94. The first-order valence-electron chi connectivity index (χ1n) is 9.76. The molecule has 2 N–H and O–H groups in total. The molecule has 4 aromatic rings. The van der Waals surface area contributed by atoms with Gasteiger partial charge in [0.1, 0.15) is 12.4 Å². The first-order valence-corrected chi connectivity index (χ1v) is 9.76. The van der Waals surface area contributed by atoms with Crippen LogP contribution in [-0.4, -0.2) is 28.0 Å². The van der Waals surface area contributed by atoms with Crippen molar-refractivity contribution in [2.45, 2.75) is 26.3 Å². The van der Waals surface area contributed by atoms with Gasteiger partial charge in [0.15, 0.2) is 5.76 Å². The van der Waals surface area contributed by atoms with Gasteiger partial charge in [-0.2, -0.15) is 10.2 Å². The van der Waals surface area contributed by atoms with E-state index in [1.165, 1.54) is 0 Å². The van der Waals surface area contributed by atoms with Crippen LogP contribution in [0.5, 0.6) is 5.75 Å². The zero-order valence-corrected chi connectivity index (χ0v) is 16.6. The summed E-state index contributed by atoms with van der Waals surface area (Å²) in [6, 6.07) is 15.8. The van der Waals surface area contributed by atoms with Gasteiger partial charge in [0.2, 0.25) is 0 Å². The Labute approximate surface area is 169 Å². The zero-order chi connectivity index (χ0) is 20.2. The predicted octanol–water partition coefficient (Wildman–Crippen LogP) is 4.70. The number of hydrogen-bond donors (Lipinski definition) is 1. The number of benzene rings is 2. The van der Waals surface area contributed by atoms with E-state index in [9.17, 15) is 0 Å². The van der Waals surface area contributed by atoms with Crippen LogP contribution in [-0.2, 0) is 0 Å². The normalized spacial score (nSPS) is 12.4. The van der Waals surface area contributed by atoms with Crippen LogP contribution in [0.25, 0.3) is 33.4 Å². The van der Waals surface area contributed by atoms with Crippen molar-refractivity contribution in [2.24, 2.45) is 11.7 Å². The maximum absolute atomic E-state index is 6.20. The summed E-state index contributed by atoms with van der Waals surface area (Å²) in [6.07, 6.45) is 4.31. The van der Waals surface area contributed by atoms with Crippen molar-refractivity contribution >= 4 is 10.9 Å². The molecule has 2 aromatic carbocycles. The second-order valence-corrected chi connectivity index (χ2v) is 7.56. The fourth-order valence-electron chi connectivity index (χ4n) is 3.48. The summed E-state index contributed by atoms with van der Waals surface area (Å²) in [6.45, 7) is 4.75. The highest BCUT2D eigenvalue weighted by Crippen LogP contribution is 2.36. The second-order valence-electron chi connectivity index (χ2n) is 7.56. The number of aromatic nitrogens is 3. The van der Waals surface area contributed by atoms with Crippen molar-refractivity contribution in [1.29, 1.82) is 0 Å². The first-order chi connectivity index (χ1) is 14.1. The van der Waals surface area contributed by atoms with Gasteiger partial charge in [-0.1, -0.05) is 43.3 Å². The molecule has 0 aliphatic rings. The Morgan fingerprint density at radius 2 is 1.93 bits per heavy atom. The topological polar surface area (TPSA) is 87.1 Å². The molecule has 0 radical (unpaired) electrons. The Kier molecular flexibility index (Phi) is 5.53. The van der Waals surface area contributed by atoms with Crippen molar-refractivity contribution in [3.8, 4) is 28.2 Å². The van der Waals surface area contributed by atoms with E-state index in [1.807, 2.05) is 48.5 Å². The maximum Gasteiger partial charge on any atom is 0.170 e. The van der Waals surface area contributed by atoms with Gasteiger partial charge in [0.05, 0.1) is 23.5 Å². The molecule has 0 unspecified atom stereocenters. The average molecular weight is 388 g/mol. The van der Waals surface area contributed by atoms with Crippen LogP contribution in [0.3, 0.4) is 0 Å². The van der Waals surface area contributed by atoms with Crippen LogP contribution in [0.4, 0.5) is 0 Å². The third-order valence-corrected chi connectivity index (χ3v) is 4.77. The lowest BCUT2D eigenvalue weighted by atomic mass is 9.99. The minimum absolute atomic E-state index is 0.0226. The number of fused-ring (bicyclic) bond motifs is 1. The van der Waals surface area contributed by atoms with Crippen LogP contribution in [0.1, 0.15) is 20.3 Å². The van der Waals surface area contributed by atoms with Gasteiger partial charge >= 0.3 is 0 Å². The third-order valence-electron chi connectivity index (χ3n) is 4.77. The van der Waals surface area contributed by atoms with E-state index < -0.39 is 0 Å². The van der Waals surface area contributed by atoms with Gasteiger partial charge in [0, 0.05) is 23.1 Å². The summed E-state index contributed by atoms with van der Waals surface area (Å²) in [7, 11) is 0. The van der Waals surface area contributed by atoms with Crippen LogP contribution >= 0.6 is 0 Å².